The minimum Gasteiger partial charge on any atom is -0.462 e. The summed E-state index contributed by atoms with van der Waals surface area (Å²) in [6.45, 7) is 7.19. The Morgan fingerprint density at radius 2 is 2.13 bits per heavy atom. The number of ether oxygens (including phenoxy) is 1. The van der Waals surface area contributed by atoms with E-state index in [9.17, 15) is 9.18 Å². The van der Waals surface area contributed by atoms with Crippen molar-refractivity contribution in [3.8, 4) is 0 Å². The van der Waals surface area contributed by atoms with Gasteiger partial charge in [-0.3, -0.25) is 4.79 Å². The molecule has 1 saturated carbocycles. The molecule has 3 atom stereocenters. The highest BCUT2D eigenvalue weighted by Crippen LogP contribution is 2.39. The Morgan fingerprint density at radius 1 is 1.53 bits per heavy atom. The van der Waals surface area contributed by atoms with E-state index < -0.39 is 5.67 Å². The fourth-order valence-electron chi connectivity index (χ4n) is 2.43. The highest BCUT2D eigenvalue weighted by Gasteiger charge is 2.40. The van der Waals surface area contributed by atoms with Crippen molar-refractivity contribution in [3.05, 3.63) is 0 Å². The number of carbonyl (C=O) groups excluding carboxylic acids is 1. The molecular weight excluding hydrogens is 195 g/mol. The summed E-state index contributed by atoms with van der Waals surface area (Å²) in [6, 6.07) is 0. The van der Waals surface area contributed by atoms with E-state index in [1.54, 1.807) is 6.92 Å². The highest BCUT2D eigenvalue weighted by atomic mass is 19.1. The van der Waals surface area contributed by atoms with Crippen LogP contribution in [0.3, 0.4) is 0 Å². The lowest BCUT2D eigenvalue weighted by Gasteiger charge is -2.39. The summed E-state index contributed by atoms with van der Waals surface area (Å²) in [7, 11) is 0. The number of halogens is 1. The number of esters is 1. The lowest BCUT2D eigenvalue weighted by molar-refractivity contribution is -0.155. The first-order chi connectivity index (χ1) is 6.82. The number of carbonyl (C=O) groups is 1. The van der Waals surface area contributed by atoms with Crippen molar-refractivity contribution < 1.29 is 13.9 Å². The van der Waals surface area contributed by atoms with Crippen LogP contribution in [0.4, 0.5) is 4.39 Å². The van der Waals surface area contributed by atoms with Gasteiger partial charge in [-0.1, -0.05) is 13.8 Å². The van der Waals surface area contributed by atoms with Crippen molar-refractivity contribution in [2.24, 2.45) is 11.8 Å². The second kappa shape index (κ2) is 4.50. The van der Waals surface area contributed by atoms with E-state index in [-0.39, 0.29) is 12.1 Å². The number of alkyl halides is 1. The molecule has 1 aliphatic rings. The molecule has 0 amide bonds. The van der Waals surface area contributed by atoms with Gasteiger partial charge in [0, 0.05) is 13.3 Å². The van der Waals surface area contributed by atoms with Crippen molar-refractivity contribution in [1.29, 1.82) is 0 Å². The average Bonchev–Trinajstić information content (AvgIpc) is 1.99. The molecule has 0 spiro atoms. The Labute approximate surface area is 91.2 Å². The predicted octanol–water partition coefficient (Wildman–Crippen LogP) is 3.10. The molecule has 0 aliphatic heterocycles. The summed E-state index contributed by atoms with van der Waals surface area (Å²) in [5, 5.41) is 0. The lowest BCUT2D eigenvalue weighted by Crippen LogP contribution is -2.41. The SMILES string of the molecule is CC(=O)OC1CC(C)(F)CCC1C(C)C. The van der Waals surface area contributed by atoms with E-state index in [1.165, 1.54) is 6.92 Å². The first-order valence-corrected chi connectivity index (χ1v) is 5.68. The van der Waals surface area contributed by atoms with Gasteiger partial charge < -0.3 is 4.74 Å². The molecule has 88 valence electrons. The summed E-state index contributed by atoms with van der Waals surface area (Å²) < 4.78 is 19.0. The summed E-state index contributed by atoms with van der Waals surface area (Å²) in [5.74, 6) is 0.437. The molecule has 0 heterocycles. The Hall–Kier alpha value is -0.600. The fourth-order valence-corrected chi connectivity index (χ4v) is 2.43. The quantitative estimate of drug-likeness (QED) is 0.663. The van der Waals surface area contributed by atoms with Crippen molar-refractivity contribution in [3.63, 3.8) is 0 Å². The van der Waals surface area contributed by atoms with Crippen LogP contribution in [0.25, 0.3) is 0 Å². The average molecular weight is 216 g/mol. The van der Waals surface area contributed by atoms with E-state index in [0.717, 1.165) is 6.42 Å². The molecule has 0 N–H and O–H groups in total. The molecule has 15 heavy (non-hydrogen) atoms. The monoisotopic (exact) mass is 216 g/mol. The van der Waals surface area contributed by atoms with Gasteiger partial charge in [0.15, 0.2) is 0 Å². The zero-order valence-electron chi connectivity index (χ0n) is 10.0. The summed E-state index contributed by atoms with van der Waals surface area (Å²) in [4.78, 5) is 10.9. The molecule has 0 aromatic carbocycles. The molecule has 0 bridgehead atoms. The molecule has 0 radical (unpaired) electrons. The lowest BCUT2D eigenvalue weighted by atomic mass is 9.74. The van der Waals surface area contributed by atoms with E-state index >= 15 is 0 Å². The van der Waals surface area contributed by atoms with Gasteiger partial charge in [-0.05, 0) is 31.6 Å². The first kappa shape index (κ1) is 12.5. The van der Waals surface area contributed by atoms with Gasteiger partial charge in [-0.2, -0.15) is 0 Å². The van der Waals surface area contributed by atoms with Gasteiger partial charge in [0.05, 0.1) is 0 Å². The largest absolute Gasteiger partial charge is 0.462 e. The molecule has 1 fully saturated rings. The smallest absolute Gasteiger partial charge is 0.302 e. The molecular formula is C12H21FO2. The maximum absolute atomic E-state index is 13.8. The van der Waals surface area contributed by atoms with Gasteiger partial charge in [0.1, 0.15) is 11.8 Å². The third-order valence-electron chi connectivity index (χ3n) is 3.28. The van der Waals surface area contributed by atoms with Crippen LogP contribution in [0.1, 0.15) is 47.0 Å². The summed E-state index contributed by atoms with van der Waals surface area (Å²) >= 11 is 0. The van der Waals surface area contributed by atoms with Crippen LogP contribution < -0.4 is 0 Å². The number of hydrogen-bond donors (Lipinski definition) is 0. The minimum absolute atomic E-state index is 0.244. The van der Waals surface area contributed by atoms with E-state index in [2.05, 4.69) is 13.8 Å². The van der Waals surface area contributed by atoms with Crippen LogP contribution in [0, 0.1) is 11.8 Å². The molecule has 1 aliphatic carbocycles. The molecule has 2 nitrogen and oxygen atoms in total. The maximum atomic E-state index is 13.8. The third-order valence-corrected chi connectivity index (χ3v) is 3.28. The van der Waals surface area contributed by atoms with Gasteiger partial charge in [0.25, 0.3) is 0 Å². The topological polar surface area (TPSA) is 26.3 Å². The molecule has 0 saturated heterocycles. The van der Waals surface area contributed by atoms with Crippen molar-refractivity contribution in [1.82, 2.24) is 0 Å². The van der Waals surface area contributed by atoms with Crippen LogP contribution in [-0.2, 0) is 9.53 Å². The summed E-state index contributed by atoms with van der Waals surface area (Å²) in [5.41, 5.74) is -1.18. The Bertz CT molecular complexity index is 236. The Morgan fingerprint density at radius 3 is 2.60 bits per heavy atom. The zero-order valence-corrected chi connectivity index (χ0v) is 10.0. The first-order valence-electron chi connectivity index (χ1n) is 5.68. The molecule has 0 aromatic rings. The maximum Gasteiger partial charge on any atom is 0.302 e. The normalized spacial score (nSPS) is 36.7. The van der Waals surface area contributed by atoms with Crippen LogP contribution in [0.5, 0.6) is 0 Å². The molecule has 0 aromatic heterocycles. The minimum atomic E-state index is -1.18. The highest BCUT2D eigenvalue weighted by molar-refractivity contribution is 5.66. The summed E-state index contributed by atoms with van der Waals surface area (Å²) in [6.07, 6.45) is 1.48. The van der Waals surface area contributed by atoms with E-state index in [1.807, 2.05) is 0 Å². The van der Waals surface area contributed by atoms with E-state index in [0.29, 0.717) is 24.7 Å². The van der Waals surface area contributed by atoms with E-state index in [4.69, 9.17) is 4.74 Å². The Kier molecular flexibility index (Phi) is 3.74. The van der Waals surface area contributed by atoms with Gasteiger partial charge in [0.2, 0.25) is 0 Å². The van der Waals surface area contributed by atoms with Crippen LogP contribution >= 0.6 is 0 Å². The van der Waals surface area contributed by atoms with Crippen LogP contribution in [0.15, 0.2) is 0 Å². The van der Waals surface area contributed by atoms with Gasteiger partial charge >= 0.3 is 5.97 Å². The van der Waals surface area contributed by atoms with Crippen molar-refractivity contribution >= 4 is 5.97 Å². The molecule has 3 heteroatoms. The fraction of sp³-hybridized carbons (Fsp3) is 0.917. The second-order valence-corrected chi connectivity index (χ2v) is 5.21. The standard InChI is InChI=1S/C12H21FO2/c1-8(2)10-5-6-12(4,13)7-11(10)15-9(3)14/h8,10-11H,5-7H2,1-4H3. The Balaban J connectivity index is 2.69. The zero-order chi connectivity index (χ0) is 11.6. The van der Waals surface area contributed by atoms with Crippen LogP contribution in [-0.4, -0.2) is 17.7 Å². The van der Waals surface area contributed by atoms with Gasteiger partial charge in [-0.25, -0.2) is 4.39 Å². The van der Waals surface area contributed by atoms with Crippen LogP contribution in [0.2, 0.25) is 0 Å². The number of rotatable bonds is 2. The molecule has 1 rings (SSSR count). The van der Waals surface area contributed by atoms with Gasteiger partial charge in [-0.15, -0.1) is 0 Å². The number of hydrogen-bond acceptors (Lipinski definition) is 2. The third kappa shape index (κ3) is 3.47. The van der Waals surface area contributed by atoms with Crippen molar-refractivity contribution in [2.45, 2.75) is 58.7 Å². The predicted molar refractivity (Wildman–Crippen MR) is 57.2 cm³/mol. The molecule has 3 unspecified atom stereocenters. The second-order valence-electron chi connectivity index (χ2n) is 5.21. The van der Waals surface area contributed by atoms with Crippen molar-refractivity contribution in [2.75, 3.05) is 0 Å².